The molecular weight excluding hydrogens is 548 g/mol. The summed E-state index contributed by atoms with van der Waals surface area (Å²) in [7, 11) is 0. The zero-order valence-electron chi connectivity index (χ0n) is 22.8. The second-order valence-corrected chi connectivity index (χ2v) is 9.70. The zero-order valence-corrected chi connectivity index (χ0v) is 22.8. The standard InChI is InChI=1S/C28H36N6O8/c29-19(14-17-6-8-18(35)9-7-17)25(38)32-20(10-12-23(30)36)26(39)34-22(15-16-4-2-1-3-5-16)27(40)33-21(28(41)42)11-13-24(31)37/h1-9,19-22,35H,10-15,29H2,(H2,30,36)(H2,31,37)(H,32,38)(H,33,40)(H,34,39)(H,41,42). The van der Waals surface area contributed by atoms with E-state index in [1.165, 1.54) is 12.1 Å². The van der Waals surface area contributed by atoms with Gasteiger partial charge in [0.1, 0.15) is 23.9 Å². The number of aromatic hydroxyl groups is 1. The number of benzene rings is 2. The van der Waals surface area contributed by atoms with Gasteiger partial charge in [0.05, 0.1) is 6.04 Å². The fourth-order valence-electron chi connectivity index (χ4n) is 3.96. The molecule has 2 aromatic carbocycles. The van der Waals surface area contributed by atoms with E-state index >= 15 is 0 Å². The molecule has 0 aliphatic heterocycles. The van der Waals surface area contributed by atoms with Crippen molar-refractivity contribution < 1.29 is 39.0 Å². The number of hydrogen-bond donors (Lipinski definition) is 8. The largest absolute Gasteiger partial charge is 0.508 e. The third-order valence-electron chi connectivity index (χ3n) is 6.25. The number of phenolic OH excluding ortho intramolecular Hbond substituents is 1. The molecule has 11 N–H and O–H groups in total. The van der Waals surface area contributed by atoms with Crippen LogP contribution in [0.4, 0.5) is 0 Å². The molecule has 0 aromatic heterocycles. The third-order valence-corrected chi connectivity index (χ3v) is 6.25. The van der Waals surface area contributed by atoms with Gasteiger partial charge in [-0.15, -0.1) is 0 Å². The molecule has 4 atom stereocenters. The molecule has 2 aromatic rings. The predicted molar refractivity (Wildman–Crippen MR) is 150 cm³/mol. The van der Waals surface area contributed by atoms with Crippen molar-refractivity contribution in [2.24, 2.45) is 17.2 Å². The molecule has 4 unspecified atom stereocenters. The van der Waals surface area contributed by atoms with Crippen LogP contribution in [0.3, 0.4) is 0 Å². The maximum absolute atomic E-state index is 13.3. The molecule has 0 heterocycles. The average molecular weight is 585 g/mol. The number of aliphatic carboxylic acids is 1. The molecule has 2 rings (SSSR count). The number of carboxylic acids is 1. The Bertz CT molecular complexity index is 1250. The van der Waals surface area contributed by atoms with Crippen LogP contribution < -0.4 is 33.2 Å². The van der Waals surface area contributed by atoms with Crippen molar-refractivity contribution in [1.29, 1.82) is 0 Å². The predicted octanol–water partition coefficient (Wildman–Crippen LogP) is -1.43. The molecule has 14 nitrogen and oxygen atoms in total. The minimum Gasteiger partial charge on any atom is -0.508 e. The van der Waals surface area contributed by atoms with Crippen LogP contribution in [0.25, 0.3) is 0 Å². The lowest BCUT2D eigenvalue weighted by Crippen LogP contribution is -2.58. The number of carboxylic acid groups (broad SMARTS) is 1. The number of nitrogens with two attached hydrogens (primary N) is 3. The summed E-state index contributed by atoms with van der Waals surface area (Å²) in [6, 6.07) is 9.44. The number of primary amides is 2. The van der Waals surface area contributed by atoms with Crippen LogP contribution in [-0.2, 0) is 41.6 Å². The van der Waals surface area contributed by atoms with E-state index < -0.39 is 59.7 Å². The van der Waals surface area contributed by atoms with Crippen LogP contribution in [0.15, 0.2) is 54.6 Å². The van der Waals surface area contributed by atoms with Crippen molar-refractivity contribution >= 4 is 35.5 Å². The Morgan fingerprint density at radius 1 is 0.643 bits per heavy atom. The van der Waals surface area contributed by atoms with E-state index in [1.54, 1.807) is 42.5 Å². The van der Waals surface area contributed by atoms with Crippen molar-refractivity contribution in [1.82, 2.24) is 16.0 Å². The van der Waals surface area contributed by atoms with E-state index in [0.717, 1.165) is 0 Å². The van der Waals surface area contributed by atoms with Gasteiger partial charge in [0.2, 0.25) is 29.5 Å². The molecule has 0 saturated heterocycles. The van der Waals surface area contributed by atoms with Crippen LogP contribution >= 0.6 is 0 Å². The minimum absolute atomic E-state index is 0.0385. The van der Waals surface area contributed by atoms with Crippen molar-refractivity contribution in [3.63, 3.8) is 0 Å². The Hall–Kier alpha value is -4.98. The van der Waals surface area contributed by atoms with Gasteiger partial charge < -0.3 is 43.4 Å². The minimum atomic E-state index is -1.46. The molecule has 42 heavy (non-hydrogen) atoms. The van der Waals surface area contributed by atoms with Gasteiger partial charge in [-0.3, -0.25) is 24.0 Å². The van der Waals surface area contributed by atoms with E-state index in [1.807, 2.05) is 0 Å². The second-order valence-electron chi connectivity index (χ2n) is 9.70. The summed E-state index contributed by atoms with van der Waals surface area (Å²) in [6.07, 6.45) is -0.990. The Morgan fingerprint density at radius 2 is 1.12 bits per heavy atom. The molecule has 5 amide bonds. The molecule has 14 heteroatoms. The Labute approximate surface area is 242 Å². The van der Waals surface area contributed by atoms with Crippen LogP contribution in [0.2, 0.25) is 0 Å². The Balaban J connectivity index is 2.22. The van der Waals surface area contributed by atoms with Crippen molar-refractivity contribution in [2.75, 3.05) is 0 Å². The van der Waals surface area contributed by atoms with Crippen molar-refractivity contribution in [3.8, 4) is 5.75 Å². The first-order valence-electron chi connectivity index (χ1n) is 13.1. The highest BCUT2D eigenvalue weighted by atomic mass is 16.4. The fraction of sp³-hybridized carbons (Fsp3) is 0.357. The number of hydrogen-bond acceptors (Lipinski definition) is 8. The number of carbonyl (C=O) groups excluding carboxylic acids is 5. The Kier molecular flexibility index (Phi) is 12.9. The Morgan fingerprint density at radius 3 is 1.67 bits per heavy atom. The smallest absolute Gasteiger partial charge is 0.326 e. The number of amides is 5. The first-order chi connectivity index (χ1) is 19.8. The number of phenols is 1. The van der Waals surface area contributed by atoms with Gasteiger partial charge in [0, 0.05) is 19.3 Å². The summed E-state index contributed by atoms with van der Waals surface area (Å²) in [6.45, 7) is 0. The first-order valence-corrected chi connectivity index (χ1v) is 13.1. The quantitative estimate of drug-likeness (QED) is 0.108. The highest BCUT2D eigenvalue weighted by Crippen LogP contribution is 2.12. The molecule has 0 fully saturated rings. The molecule has 0 radical (unpaired) electrons. The third kappa shape index (κ3) is 11.6. The second kappa shape index (κ2) is 16.3. The van der Waals surface area contributed by atoms with Gasteiger partial charge in [-0.05, 0) is 42.5 Å². The molecule has 226 valence electrons. The van der Waals surface area contributed by atoms with Crippen LogP contribution in [0, 0.1) is 0 Å². The normalized spacial score (nSPS) is 13.5. The van der Waals surface area contributed by atoms with Gasteiger partial charge >= 0.3 is 5.97 Å². The molecular formula is C28H36N6O8. The van der Waals surface area contributed by atoms with E-state index in [4.69, 9.17) is 17.2 Å². The van der Waals surface area contributed by atoms with Crippen LogP contribution in [0.1, 0.15) is 36.8 Å². The average Bonchev–Trinajstić information content (AvgIpc) is 2.93. The lowest BCUT2D eigenvalue weighted by Gasteiger charge is -2.25. The summed E-state index contributed by atoms with van der Waals surface area (Å²) in [4.78, 5) is 73.7. The lowest BCUT2D eigenvalue weighted by molar-refractivity contribution is -0.142. The van der Waals surface area contributed by atoms with Crippen molar-refractivity contribution in [2.45, 2.75) is 62.7 Å². The maximum Gasteiger partial charge on any atom is 0.326 e. The number of carbonyl (C=O) groups is 6. The lowest BCUT2D eigenvalue weighted by atomic mass is 10.0. The van der Waals surface area contributed by atoms with E-state index in [2.05, 4.69) is 16.0 Å². The van der Waals surface area contributed by atoms with E-state index in [9.17, 15) is 39.0 Å². The highest BCUT2D eigenvalue weighted by Gasteiger charge is 2.31. The number of nitrogens with one attached hydrogen (secondary N) is 3. The van der Waals surface area contributed by atoms with E-state index in [0.29, 0.717) is 11.1 Å². The van der Waals surface area contributed by atoms with Gasteiger partial charge in [0.25, 0.3) is 0 Å². The van der Waals surface area contributed by atoms with E-state index in [-0.39, 0.29) is 44.3 Å². The molecule has 0 bridgehead atoms. The summed E-state index contributed by atoms with van der Waals surface area (Å²) < 4.78 is 0. The topological polar surface area (TPSA) is 257 Å². The summed E-state index contributed by atoms with van der Waals surface area (Å²) in [5, 5.41) is 26.3. The fourth-order valence-corrected chi connectivity index (χ4v) is 3.96. The molecule has 0 aliphatic rings. The SMILES string of the molecule is NC(=O)CCC(NC(=O)C(Cc1ccccc1)NC(=O)C(CCC(N)=O)NC(=O)C(N)Cc1ccc(O)cc1)C(=O)O. The first kappa shape index (κ1) is 33.2. The molecule has 0 spiro atoms. The monoisotopic (exact) mass is 584 g/mol. The van der Waals surface area contributed by atoms with Gasteiger partial charge in [-0.1, -0.05) is 42.5 Å². The highest BCUT2D eigenvalue weighted by molar-refractivity contribution is 5.94. The summed E-state index contributed by atoms with van der Waals surface area (Å²) >= 11 is 0. The zero-order chi connectivity index (χ0) is 31.2. The molecule has 0 aliphatic carbocycles. The summed E-state index contributed by atoms with van der Waals surface area (Å²) in [5.74, 6) is -5.24. The summed E-state index contributed by atoms with van der Waals surface area (Å²) in [5.41, 5.74) is 17.7. The number of rotatable bonds is 17. The van der Waals surface area contributed by atoms with Gasteiger partial charge in [-0.2, -0.15) is 0 Å². The van der Waals surface area contributed by atoms with Gasteiger partial charge in [-0.25, -0.2) is 4.79 Å². The van der Waals surface area contributed by atoms with Crippen LogP contribution in [-0.4, -0.2) is 69.9 Å². The van der Waals surface area contributed by atoms with Gasteiger partial charge in [0.15, 0.2) is 0 Å². The van der Waals surface area contributed by atoms with Crippen LogP contribution in [0.5, 0.6) is 5.75 Å². The maximum atomic E-state index is 13.3. The van der Waals surface area contributed by atoms with Crippen molar-refractivity contribution in [3.05, 3.63) is 65.7 Å². The molecule has 0 saturated carbocycles.